The minimum absolute atomic E-state index is 0.138. The van der Waals surface area contributed by atoms with Crippen LogP contribution < -0.4 is 0 Å². The minimum atomic E-state index is -0.218. The van der Waals surface area contributed by atoms with Gasteiger partial charge in [0.05, 0.1) is 12.6 Å². The van der Waals surface area contributed by atoms with Crippen molar-refractivity contribution in [3.05, 3.63) is 35.6 Å². The zero-order valence-electron chi connectivity index (χ0n) is 15.6. The predicted octanol–water partition coefficient (Wildman–Crippen LogP) is 1.71. The molecule has 1 atom stereocenters. The Balaban J connectivity index is 1.51. The molecule has 2 heterocycles. The molecule has 1 aromatic carbocycles. The zero-order chi connectivity index (χ0) is 18.5. The van der Waals surface area contributed by atoms with Gasteiger partial charge >= 0.3 is 0 Å². The standard InChI is InChI=1S/C20H30FN3O2/c1-22(20(26)15-23-11-8-18(25)9-12-23)17-6-4-10-24(14-17)13-16-5-2-3-7-19(16)21/h2-3,5,7,17-18,25H,4,6,8-15H2,1H3. The molecule has 3 rings (SSSR count). The predicted molar refractivity (Wildman–Crippen MR) is 99.1 cm³/mol. The van der Waals surface area contributed by atoms with Crippen LogP contribution in [0.1, 0.15) is 31.2 Å². The second-order valence-electron chi connectivity index (χ2n) is 7.63. The Kier molecular flexibility index (Phi) is 6.62. The third kappa shape index (κ3) is 5.02. The number of halogens is 1. The van der Waals surface area contributed by atoms with Gasteiger partial charge in [0.2, 0.25) is 5.91 Å². The van der Waals surface area contributed by atoms with E-state index in [0.29, 0.717) is 18.7 Å². The van der Waals surface area contributed by atoms with Gasteiger partial charge in [0, 0.05) is 44.8 Å². The van der Waals surface area contributed by atoms with Gasteiger partial charge < -0.3 is 10.0 Å². The Labute approximate surface area is 155 Å². The van der Waals surface area contributed by atoms with Gasteiger partial charge in [0.15, 0.2) is 0 Å². The second kappa shape index (κ2) is 8.93. The van der Waals surface area contributed by atoms with E-state index in [9.17, 15) is 14.3 Å². The molecular weight excluding hydrogens is 333 g/mol. The van der Waals surface area contributed by atoms with Crippen molar-refractivity contribution in [2.45, 2.75) is 44.4 Å². The number of piperidine rings is 2. The molecule has 2 aliphatic heterocycles. The molecule has 1 unspecified atom stereocenters. The van der Waals surface area contributed by atoms with Gasteiger partial charge in [0.25, 0.3) is 0 Å². The number of nitrogens with zero attached hydrogens (tertiary/aromatic N) is 3. The van der Waals surface area contributed by atoms with Gasteiger partial charge in [-0.25, -0.2) is 4.39 Å². The van der Waals surface area contributed by atoms with E-state index in [4.69, 9.17) is 0 Å². The Bertz CT molecular complexity index is 604. The van der Waals surface area contributed by atoms with E-state index >= 15 is 0 Å². The highest BCUT2D eigenvalue weighted by atomic mass is 19.1. The van der Waals surface area contributed by atoms with E-state index in [-0.39, 0.29) is 23.9 Å². The Morgan fingerprint density at radius 1 is 1.19 bits per heavy atom. The first-order chi connectivity index (χ1) is 12.5. The zero-order valence-corrected chi connectivity index (χ0v) is 15.6. The third-order valence-electron chi connectivity index (χ3n) is 5.69. The lowest BCUT2D eigenvalue weighted by atomic mass is 10.0. The van der Waals surface area contributed by atoms with Crippen LogP contribution in [0.4, 0.5) is 4.39 Å². The number of hydrogen-bond donors (Lipinski definition) is 1. The van der Waals surface area contributed by atoms with E-state index in [1.165, 1.54) is 6.07 Å². The molecular formula is C20H30FN3O2. The summed E-state index contributed by atoms with van der Waals surface area (Å²) in [4.78, 5) is 18.9. The third-order valence-corrected chi connectivity index (χ3v) is 5.69. The highest BCUT2D eigenvalue weighted by Crippen LogP contribution is 2.19. The van der Waals surface area contributed by atoms with Crippen molar-refractivity contribution in [2.75, 3.05) is 39.8 Å². The molecule has 0 aromatic heterocycles. The van der Waals surface area contributed by atoms with E-state index in [0.717, 1.165) is 51.9 Å². The average molecular weight is 363 g/mol. The molecule has 0 radical (unpaired) electrons. The molecule has 2 saturated heterocycles. The Morgan fingerprint density at radius 3 is 2.65 bits per heavy atom. The van der Waals surface area contributed by atoms with Crippen molar-refractivity contribution in [2.24, 2.45) is 0 Å². The molecule has 1 amide bonds. The van der Waals surface area contributed by atoms with Crippen molar-refractivity contribution < 1.29 is 14.3 Å². The SMILES string of the molecule is CN(C(=O)CN1CCC(O)CC1)C1CCCN(Cc2ccccc2F)C1. The maximum atomic E-state index is 13.9. The molecule has 1 N–H and O–H groups in total. The smallest absolute Gasteiger partial charge is 0.236 e. The Morgan fingerprint density at radius 2 is 1.92 bits per heavy atom. The molecule has 0 bridgehead atoms. The first kappa shape index (κ1) is 19.3. The van der Waals surface area contributed by atoms with Crippen LogP contribution in [0.2, 0.25) is 0 Å². The number of likely N-dealkylation sites (N-methyl/N-ethyl adjacent to an activating group) is 1. The maximum absolute atomic E-state index is 13.9. The largest absolute Gasteiger partial charge is 0.393 e. The van der Waals surface area contributed by atoms with Gasteiger partial charge in [-0.1, -0.05) is 18.2 Å². The number of benzene rings is 1. The van der Waals surface area contributed by atoms with E-state index in [1.54, 1.807) is 6.07 Å². The van der Waals surface area contributed by atoms with Crippen LogP contribution in [0, 0.1) is 5.82 Å². The summed E-state index contributed by atoms with van der Waals surface area (Å²) in [5, 5.41) is 9.59. The molecule has 2 aliphatic rings. The number of hydrogen-bond acceptors (Lipinski definition) is 4. The first-order valence-corrected chi connectivity index (χ1v) is 9.65. The van der Waals surface area contributed by atoms with Crippen LogP contribution in [-0.2, 0) is 11.3 Å². The fraction of sp³-hybridized carbons (Fsp3) is 0.650. The average Bonchev–Trinajstić information content (AvgIpc) is 2.65. The van der Waals surface area contributed by atoms with Crippen LogP contribution >= 0.6 is 0 Å². The highest BCUT2D eigenvalue weighted by Gasteiger charge is 2.28. The normalized spacial score (nSPS) is 23.1. The van der Waals surface area contributed by atoms with Crippen LogP contribution in [0.5, 0.6) is 0 Å². The second-order valence-corrected chi connectivity index (χ2v) is 7.63. The van der Waals surface area contributed by atoms with Crippen molar-refractivity contribution in [1.82, 2.24) is 14.7 Å². The fourth-order valence-corrected chi connectivity index (χ4v) is 3.94. The molecule has 2 fully saturated rings. The Hall–Kier alpha value is -1.50. The van der Waals surface area contributed by atoms with E-state index in [1.807, 2.05) is 24.1 Å². The van der Waals surface area contributed by atoms with Crippen molar-refractivity contribution in [3.8, 4) is 0 Å². The van der Waals surface area contributed by atoms with Crippen molar-refractivity contribution in [3.63, 3.8) is 0 Å². The monoisotopic (exact) mass is 363 g/mol. The molecule has 6 heteroatoms. The summed E-state index contributed by atoms with van der Waals surface area (Å²) in [5.41, 5.74) is 0.717. The molecule has 0 saturated carbocycles. The summed E-state index contributed by atoms with van der Waals surface area (Å²) in [6.07, 6.45) is 3.29. The number of aliphatic hydroxyl groups excluding tert-OH is 1. The van der Waals surface area contributed by atoms with Crippen LogP contribution in [-0.4, -0.2) is 77.6 Å². The summed E-state index contributed by atoms with van der Waals surface area (Å²) in [5.74, 6) is -0.0227. The van der Waals surface area contributed by atoms with Gasteiger partial charge in [0.1, 0.15) is 5.82 Å². The summed E-state index contributed by atoms with van der Waals surface area (Å²) in [6, 6.07) is 7.09. The summed E-state index contributed by atoms with van der Waals surface area (Å²) in [6.45, 7) is 4.31. The van der Waals surface area contributed by atoms with Gasteiger partial charge in [-0.2, -0.15) is 0 Å². The van der Waals surface area contributed by atoms with E-state index in [2.05, 4.69) is 9.80 Å². The van der Waals surface area contributed by atoms with Crippen molar-refractivity contribution >= 4 is 5.91 Å². The van der Waals surface area contributed by atoms with E-state index < -0.39 is 0 Å². The number of carbonyl (C=O) groups excluding carboxylic acids is 1. The minimum Gasteiger partial charge on any atom is -0.393 e. The summed E-state index contributed by atoms with van der Waals surface area (Å²) < 4.78 is 13.9. The first-order valence-electron chi connectivity index (χ1n) is 9.65. The van der Waals surface area contributed by atoms with Gasteiger partial charge in [-0.3, -0.25) is 14.6 Å². The van der Waals surface area contributed by atoms with Crippen LogP contribution in [0.3, 0.4) is 0 Å². The molecule has 1 aromatic rings. The number of rotatable bonds is 5. The maximum Gasteiger partial charge on any atom is 0.236 e. The lowest BCUT2D eigenvalue weighted by Gasteiger charge is -2.39. The highest BCUT2D eigenvalue weighted by molar-refractivity contribution is 5.78. The quantitative estimate of drug-likeness (QED) is 0.865. The molecule has 144 valence electrons. The lowest BCUT2D eigenvalue weighted by Crippen LogP contribution is -2.51. The van der Waals surface area contributed by atoms with Crippen LogP contribution in [0.25, 0.3) is 0 Å². The molecule has 26 heavy (non-hydrogen) atoms. The molecule has 0 aliphatic carbocycles. The van der Waals surface area contributed by atoms with Gasteiger partial charge in [-0.15, -0.1) is 0 Å². The number of aliphatic hydroxyl groups is 1. The molecule has 0 spiro atoms. The summed E-state index contributed by atoms with van der Waals surface area (Å²) >= 11 is 0. The van der Waals surface area contributed by atoms with Crippen molar-refractivity contribution in [1.29, 1.82) is 0 Å². The van der Waals surface area contributed by atoms with Gasteiger partial charge in [-0.05, 0) is 38.3 Å². The topological polar surface area (TPSA) is 47.0 Å². The number of carbonyl (C=O) groups is 1. The van der Waals surface area contributed by atoms with Crippen LogP contribution in [0.15, 0.2) is 24.3 Å². The number of amides is 1. The molecule has 5 nitrogen and oxygen atoms in total. The summed E-state index contributed by atoms with van der Waals surface area (Å²) in [7, 11) is 1.89. The lowest BCUT2D eigenvalue weighted by molar-refractivity contribution is -0.134. The fourth-order valence-electron chi connectivity index (χ4n) is 3.94. The number of likely N-dealkylation sites (tertiary alicyclic amines) is 2.